The van der Waals surface area contributed by atoms with Gasteiger partial charge < -0.3 is 19.3 Å². The molecule has 0 saturated carbocycles. The van der Waals surface area contributed by atoms with E-state index in [1.54, 1.807) is 7.11 Å². The number of amides is 1. The van der Waals surface area contributed by atoms with Gasteiger partial charge in [0.2, 0.25) is 5.91 Å². The Hall–Kier alpha value is -2.69. The second kappa shape index (κ2) is 9.21. The van der Waals surface area contributed by atoms with E-state index in [2.05, 4.69) is 43.9 Å². The second-order valence-corrected chi connectivity index (χ2v) is 8.44. The van der Waals surface area contributed by atoms with Crippen LogP contribution in [0.5, 0.6) is 11.5 Å². The summed E-state index contributed by atoms with van der Waals surface area (Å²) in [7, 11) is 1.68. The van der Waals surface area contributed by atoms with Gasteiger partial charge in [-0.2, -0.15) is 0 Å². The van der Waals surface area contributed by atoms with Crippen LogP contribution in [0.3, 0.4) is 0 Å². The molecule has 0 atom stereocenters. The van der Waals surface area contributed by atoms with Gasteiger partial charge in [0.25, 0.3) is 0 Å². The van der Waals surface area contributed by atoms with Crippen LogP contribution in [0.1, 0.15) is 32.8 Å². The van der Waals surface area contributed by atoms with Gasteiger partial charge in [0, 0.05) is 37.9 Å². The summed E-state index contributed by atoms with van der Waals surface area (Å²) in [5.41, 5.74) is 2.54. The molecule has 156 valence electrons. The zero-order valence-electron chi connectivity index (χ0n) is 18.0. The van der Waals surface area contributed by atoms with E-state index in [-0.39, 0.29) is 11.3 Å². The fourth-order valence-corrected chi connectivity index (χ4v) is 3.49. The van der Waals surface area contributed by atoms with Gasteiger partial charge in [-0.15, -0.1) is 0 Å². The van der Waals surface area contributed by atoms with Crippen molar-refractivity contribution in [3.05, 3.63) is 54.1 Å². The molecule has 0 unspecified atom stereocenters. The predicted molar refractivity (Wildman–Crippen MR) is 117 cm³/mol. The predicted octanol–water partition coefficient (Wildman–Crippen LogP) is 4.11. The highest BCUT2D eigenvalue weighted by Crippen LogP contribution is 2.25. The Kier molecular flexibility index (Phi) is 6.68. The molecule has 1 heterocycles. The number of rotatable bonds is 6. The van der Waals surface area contributed by atoms with E-state index < -0.39 is 0 Å². The minimum absolute atomic E-state index is 0.127. The Balaban J connectivity index is 1.43. The van der Waals surface area contributed by atoms with Gasteiger partial charge in [0.1, 0.15) is 11.5 Å². The summed E-state index contributed by atoms with van der Waals surface area (Å²) >= 11 is 0. The lowest BCUT2D eigenvalue weighted by Gasteiger charge is -2.36. The maximum absolute atomic E-state index is 12.5. The van der Waals surface area contributed by atoms with E-state index in [0.717, 1.165) is 43.4 Å². The van der Waals surface area contributed by atoms with Crippen molar-refractivity contribution in [1.29, 1.82) is 0 Å². The molecule has 1 fully saturated rings. The lowest BCUT2D eigenvalue weighted by molar-refractivity contribution is -0.132. The standard InChI is InChI=1S/C24H32N2O3/c1-24(2,3)19-8-10-21(11-9-19)29-17-12-23(27)26-15-13-25(14-16-26)20-6-5-7-22(18-20)28-4/h5-11,18H,12-17H2,1-4H3. The monoisotopic (exact) mass is 396 g/mol. The van der Waals surface area contributed by atoms with E-state index in [1.165, 1.54) is 5.56 Å². The quantitative estimate of drug-likeness (QED) is 0.737. The Bertz CT molecular complexity index is 804. The van der Waals surface area contributed by atoms with E-state index in [0.29, 0.717) is 13.0 Å². The van der Waals surface area contributed by atoms with Crippen molar-refractivity contribution in [2.75, 3.05) is 44.8 Å². The minimum Gasteiger partial charge on any atom is -0.497 e. The zero-order valence-corrected chi connectivity index (χ0v) is 18.0. The number of carbonyl (C=O) groups excluding carboxylic acids is 1. The van der Waals surface area contributed by atoms with Gasteiger partial charge in [-0.1, -0.05) is 39.0 Å². The van der Waals surface area contributed by atoms with Crippen molar-refractivity contribution in [3.63, 3.8) is 0 Å². The molecule has 0 aromatic heterocycles. The van der Waals surface area contributed by atoms with Crippen LogP contribution in [0, 0.1) is 0 Å². The van der Waals surface area contributed by atoms with Gasteiger partial charge in [-0.3, -0.25) is 4.79 Å². The van der Waals surface area contributed by atoms with Crippen LogP contribution in [0.2, 0.25) is 0 Å². The van der Waals surface area contributed by atoms with Crippen molar-refractivity contribution < 1.29 is 14.3 Å². The molecule has 0 N–H and O–H groups in total. The topological polar surface area (TPSA) is 42.0 Å². The summed E-state index contributed by atoms with van der Waals surface area (Å²) in [5.74, 6) is 1.82. The van der Waals surface area contributed by atoms with Crippen LogP contribution in [0.4, 0.5) is 5.69 Å². The van der Waals surface area contributed by atoms with Crippen LogP contribution < -0.4 is 14.4 Å². The number of ether oxygens (including phenoxy) is 2. The van der Waals surface area contributed by atoms with Crippen molar-refractivity contribution in [3.8, 4) is 11.5 Å². The third kappa shape index (κ3) is 5.66. The van der Waals surface area contributed by atoms with Crippen molar-refractivity contribution in [1.82, 2.24) is 4.90 Å². The SMILES string of the molecule is COc1cccc(N2CCN(C(=O)CCOc3ccc(C(C)(C)C)cc3)CC2)c1. The molecule has 0 spiro atoms. The Morgan fingerprint density at radius 3 is 2.28 bits per heavy atom. The number of hydrogen-bond acceptors (Lipinski definition) is 4. The third-order valence-corrected chi connectivity index (χ3v) is 5.36. The van der Waals surface area contributed by atoms with Gasteiger partial charge in [0.15, 0.2) is 0 Å². The molecule has 3 rings (SSSR count). The number of benzene rings is 2. The minimum atomic E-state index is 0.127. The van der Waals surface area contributed by atoms with Crippen LogP contribution in [-0.4, -0.2) is 50.7 Å². The first-order chi connectivity index (χ1) is 13.9. The lowest BCUT2D eigenvalue weighted by Crippen LogP contribution is -2.49. The summed E-state index contributed by atoms with van der Waals surface area (Å²) in [6, 6.07) is 16.2. The number of hydrogen-bond donors (Lipinski definition) is 0. The molecule has 1 amide bonds. The van der Waals surface area contributed by atoms with Crippen LogP contribution in [0.15, 0.2) is 48.5 Å². The largest absolute Gasteiger partial charge is 0.497 e. The number of methoxy groups -OCH3 is 1. The molecule has 2 aromatic rings. The highest BCUT2D eigenvalue weighted by Gasteiger charge is 2.21. The first kappa shape index (κ1) is 21.0. The van der Waals surface area contributed by atoms with Crippen LogP contribution >= 0.6 is 0 Å². The fourth-order valence-electron chi connectivity index (χ4n) is 3.49. The smallest absolute Gasteiger partial charge is 0.226 e. The first-order valence-corrected chi connectivity index (χ1v) is 10.3. The molecular weight excluding hydrogens is 364 g/mol. The fraction of sp³-hybridized carbons (Fsp3) is 0.458. The van der Waals surface area contributed by atoms with Crippen LogP contribution in [0.25, 0.3) is 0 Å². The number of carbonyl (C=O) groups is 1. The van der Waals surface area contributed by atoms with Crippen molar-refractivity contribution >= 4 is 11.6 Å². The summed E-state index contributed by atoms with van der Waals surface area (Å²) in [4.78, 5) is 16.7. The van der Waals surface area contributed by atoms with Crippen molar-refractivity contribution in [2.24, 2.45) is 0 Å². The van der Waals surface area contributed by atoms with E-state index in [4.69, 9.17) is 9.47 Å². The molecule has 0 radical (unpaired) electrons. The number of anilines is 1. The van der Waals surface area contributed by atoms with E-state index >= 15 is 0 Å². The molecule has 29 heavy (non-hydrogen) atoms. The molecule has 5 nitrogen and oxygen atoms in total. The van der Waals surface area contributed by atoms with E-state index in [1.807, 2.05) is 35.2 Å². The summed E-state index contributed by atoms with van der Waals surface area (Å²) < 4.78 is 11.1. The average Bonchev–Trinajstić information content (AvgIpc) is 2.73. The maximum Gasteiger partial charge on any atom is 0.226 e. The molecule has 0 aliphatic carbocycles. The summed E-state index contributed by atoms with van der Waals surface area (Å²) in [6.07, 6.45) is 0.403. The highest BCUT2D eigenvalue weighted by atomic mass is 16.5. The molecule has 1 aliphatic heterocycles. The highest BCUT2D eigenvalue weighted by molar-refractivity contribution is 5.76. The Morgan fingerprint density at radius 2 is 1.66 bits per heavy atom. The van der Waals surface area contributed by atoms with Crippen molar-refractivity contribution in [2.45, 2.75) is 32.6 Å². The van der Waals surface area contributed by atoms with Gasteiger partial charge >= 0.3 is 0 Å². The first-order valence-electron chi connectivity index (χ1n) is 10.3. The molecule has 2 aromatic carbocycles. The molecule has 5 heteroatoms. The molecule has 1 aliphatic rings. The Morgan fingerprint density at radius 1 is 0.966 bits per heavy atom. The van der Waals surface area contributed by atoms with E-state index in [9.17, 15) is 4.79 Å². The Labute approximate surface area is 174 Å². The third-order valence-electron chi connectivity index (χ3n) is 5.36. The van der Waals surface area contributed by atoms with Crippen LogP contribution in [-0.2, 0) is 10.2 Å². The summed E-state index contributed by atoms with van der Waals surface area (Å²) in [5, 5.41) is 0. The van der Waals surface area contributed by atoms with Gasteiger partial charge in [0.05, 0.1) is 20.1 Å². The summed E-state index contributed by atoms with van der Waals surface area (Å²) in [6.45, 7) is 10.1. The molecule has 1 saturated heterocycles. The number of nitrogens with zero attached hydrogens (tertiary/aromatic N) is 2. The lowest BCUT2D eigenvalue weighted by atomic mass is 9.87. The van der Waals surface area contributed by atoms with Gasteiger partial charge in [-0.25, -0.2) is 0 Å². The average molecular weight is 397 g/mol. The second-order valence-electron chi connectivity index (χ2n) is 8.44. The van der Waals surface area contributed by atoms with Gasteiger partial charge in [-0.05, 0) is 35.2 Å². The maximum atomic E-state index is 12.5. The molecular formula is C24H32N2O3. The zero-order chi connectivity index (χ0) is 20.9. The number of piperazine rings is 1. The molecule has 0 bridgehead atoms. The normalized spacial score (nSPS) is 14.6.